The number of nitrogens with two attached hydrogens (primary N) is 1. The van der Waals surface area contributed by atoms with Gasteiger partial charge in [0.25, 0.3) is 5.91 Å². The molecule has 1 aromatic rings. The summed E-state index contributed by atoms with van der Waals surface area (Å²) in [6.45, 7) is 4.16. The van der Waals surface area contributed by atoms with Gasteiger partial charge >= 0.3 is 0 Å². The van der Waals surface area contributed by atoms with Crippen molar-refractivity contribution in [2.75, 3.05) is 19.6 Å². The van der Waals surface area contributed by atoms with Crippen LogP contribution in [0.25, 0.3) is 0 Å². The summed E-state index contributed by atoms with van der Waals surface area (Å²) in [6.07, 6.45) is 5.67. The predicted molar refractivity (Wildman–Crippen MR) is 92.0 cm³/mol. The fourth-order valence-electron chi connectivity index (χ4n) is 3.49. The lowest BCUT2D eigenvalue weighted by Crippen LogP contribution is -2.34. The summed E-state index contributed by atoms with van der Waals surface area (Å²) in [7, 11) is 0. The average molecular weight is 337 g/mol. The molecule has 0 aromatic heterocycles. The maximum atomic E-state index is 12.9. The smallest absolute Gasteiger partial charge is 0.257 e. The molecule has 126 valence electrons. The minimum atomic E-state index is -0.00216. The molecular formula is C18H25ClN2O2. The molecule has 1 saturated heterocycles. The Morgan fingerprint density at radius 1 is 1.43 bits per heavy atom. The SMILES string of the molecule is CC1(CN)CCN(C(=O)c2cc(Cl)ccc2OC2CCCC2)C1. The third-order valence-corrected chi connectivity index (χ3v) is 5.34. The molecule has 2 aliphatic rings. The molecule has 1 aliphatic carbocycles. The second kappa shape index (κ2) is 6.70. The summed E-state index contributed by atoms with van der Waals surface area (Å²) >= 11 is 6.12. The van der Waals surface area contributed by atoms with Crippen LogP contribution in [-0.2, 0) is 0 Å². The van der Waals surface area contributed by atoms with Crippen LogP contribution in [0, 0.1) is 5.41 Å². The van der Waals surface area contributed by atoms with Crippen LogP contribution in [0.2, 0.25) is 5.02 Å². The Morgan fingerprint density at radius 3 is 2.83 bits per heavy atom. The maximum Gasteiger partial charge on any atom is 0.257 e. The Bertz CT molecular complexity index is 586. The Balaban J connectivity index is 1.80. The van der Waals surface area contributed by atoms with Gasteiger partial charge in [0.1, 0.15) is 5.75 Å². The molecule has 0 spiro atoms. The molecule has 0 radical (unpaired) electrons. The van der Waals surface area contributed by atoms with E-state index in [1.165, 1.54) is 12.8 Å². The zero-order chi connectivity index (χ0) is 16.4. The topological polar surface area (TPSA) is 55.6 Å². The van der Waals surface area contributed by atoms with Crippen LogP contribution in [0.3, 0.4) is 0 Å². The minimum absolute atomic E-state index is 0.00216. The number of nitrogens with zero attached hydrogens (tertiary/aromatic N) is 1. The van der Waals surface area contributed by atoms with Crippen molar-refractivity contribution in [3.05, 3.63) is 28.8 Å². The third-order valence-electron chi connectivity index (χ3n) is 5.11. The van der Waals surface area contributed by atoms with Gasteiger partial charge in [0.15, 0.2) is 0 Å². The number of hydrogen-bond donors (Lipinski definition) is 1. The number of amides is 1. The van der Waals surface area contributed by atoms with Crippen molar-refractivity contribution in [2.45, 2.75) is 45.1 Å². The molecule has 1 aromatic carbocycles. The summed E-state index contributed by atoms with van der Waals surface area (Å²) in [4.78, 5) is 14.8. The molecule has 4 nitrogen and oxygen atoms in total. The Kier molecular flexibility index (Phi) is 4.83. The van der Waals surface area contributed by atoms with Gasteiger partial charge in [0, 0.05) is 18.1 Å². The molecule has 3 rings (SSSR count). The number of rotatable bonds is 4. The Labute approximate surface area is 142 Å². The zero-order valence-electron chi connectivity index (χ0n) is 13.7. The molecule has 0 bridgehead atoms. The lowest BCUT2D eigenvalue weighted by Gasteiger charge is -2.24. The van der Waals surface area contributed by atoms with Crippen LogP contribution >= 0.6 is 11.6 Å². The molecule has 1 amide bonds. The fraction of sp³-hybridized carbons (Fsp3) is 0.611. The number of ether oxygens (including phenoxy) is 1. The Hall–Kier alpha value is -1.26. The van der Waals surface area contributed by atoms with Gasteiger partial charge in [-0.2, -0.15) is 0 Å². The molecule has 1 unspecified atom stereocenters. The van der Waals surface area contributed by atoms with Gasteiger partial charge in [-0.3, -0.25) is 4.79 Å². The fourth-order valence-corrected chi connectivity index (χ4v) is 3.66. The van der Waals surface area contributed by atoms with Gasteiger partial charge in [-0.15, -0.1) is 0 Å². The van der Waals surface area contributed by atoms with E-state index < -0.39 is 0 Å². The Morgan fingerprint density at radius 2 is 2.17 bits per heavy atom. The van der Waals surface area contributed by atoms with E-state index in [0.717, 1.165) is 25.8 Å². The quantitative estimate of drug-likeness (QED) is 0.915. The van der Waals surface area contributed by atoms with E-state index in [2.05, 4.69) is 6.92 Å². The number of likely N-dealkylation sites (tertiary alicyclic amines) is 1. The highest BCUT2D eigenvalue weighted by Crippen LogP contribution is 2.33. The van der Waals surface area contributed by atoms with Gasteiger partial charge in [0.05, 0.1) is 11.7 Å². The van der Waals surface area contributed by atoms with E-state index in [-0.39, 0.29) is 17.4 Å². The standard InChI is InChI=1S/C18H25ClN2O2/c1-18(11-20)8-9-21(12-18)17(22)15-10-13(19)6-7-16(15)23-14-4-2-3-5-14/h6-7,10,14H,2-5,8-9,11-12,20H2,1H3. The van der Waals surface area contributed by atoms with Crippen LogP contribution < -0.4 is 10.5 Å². The molecule has 2 fully saturated rings. The van der Waals surface area contributed by atoms with Crippen molar-refractivity contribution in [1.82, 2.24) is 4.90 Å². The van der Waals surface area contributed by atoms with E-state index >= 15 is 0 Å². The summed E-state index contributed by atoms with van der Waals surface area (Å²) in [6, 6.07) is 5.34. The lowest BCUT2D eigenvalue weighted by molar-refractivity contribution is 0.0769. The van der Waals surface area contributed by atoms with E-state index in [1.54, 1.807) is 12.1 Å². The van der Waals surface area contributed by atoms with Gasteiger partial charge < -0.3 is 15.4 Å². The first-order chi connectivity index (χ1) is 11.0. The van der Waals surface area contributed by atoms with Crippen molar-refractivity contribution in [2.24, 2.45) is 11.1 Å². The molecule has 5 heteroatoms. The average Bonchev–Trinajstić information content (AvgIpc) is 3.19. The summed E-state index contributed by atoms with van der Waals surface area (Å²) < 4.78 is 6.09. The zero-order valence-corrected chi connectivity index (χ0v) is 14.4. The number of benzene rings is 1. The molecule has 1 heterocycles. The highest BCUT2D eigenvalue weighted by atomic mass is 35.5. The van der Waals surface area contributed by atoms with Crippen molar-refractivity contribution in [3.63, 3.8) is 0 Å². The van der Waals surface area contributed by atoms with Crippen molar-refractivity contribution >= 4 is 17.5 Å². The minimum Gasteiger partial charge on any atom is -0.490 e. The van der Waals surface area contributed by atoms with Crippen LogP contribution in [0.4, 0.5) is 0 Å². The van der Waals surface area contributed by atoms with Gasteiger partial charge in [0.2, 0.25) is 0 Å². The molecule has 1 atom stereocenters. The highest BCUT2D eigenvalue weighted by molar-refractivity contribution is 6.31. The van der Waals surface area contributed by atoms with E-state index in [0.29, 0.717) is 29.4 Å². The monoisotopic (exact) mass is 336 g/mol. The van der Waals surface area contributed by atoms with Crippen LogP contribution in [0.15, 0.2) is 18.2 Å². The number of carbonyl (C=O) groups excluding carboxylic acids is 1. The number of hydrogen-bond acceptors (Lipinski definition) is 3. The summed E-state index contributed by atoms with van der Waals surface area (Å²) in [5, 5.41) is 0.563. The molecule has 2 N–H and O–H groups in total. The van der Waals surface area contributed by atoms with Gasteiger partial charge in [-0.1, -0.05) is 18.5 Å². The van der Waals surface area contributed by atoms with Crippen LogP contribution in [0.1, 0.15) is 49.4 Å². The molecular weight excluding hydrogens is 312 g/mol. The third kappa shape index (κ3) is 3.64. The number of carbonyl (C=O) groups is 1. The van der Waals surface area contributed by atoms with E-state index in [9.17, 15) is 4.79 Å². The van der Waals surface area contributed by atoms with Crippen LogP contribution in [-0.4, -0.2) is 36.5 Å². The number of halogens is 1. The first-order valence-electron chi connectivity index (χ1n) is 8.46. The van der Waals surface area contributed by atoms with Crippen LogP contribution in [0.5, 0.6) is 5.75 Å². The molecule has 23 heavy (non-hydrogen) atoms. The van der Waals surface area contributed by atoms with Gasteiger partial charge in [-0.25, -0.2) is 0 Å². The second-order valence-corrected chi connectivity index (χ2v) is 7.59. The molecule has 1 aliphatic heterocycles. The van der Waals surface area contributed by atoms with Crippen molar-refractivity contribution < 1.29 is 9.53 Å². The normalized spacial score (nSPS) is 25.1. The first kappa shape index (κ1) is 16.6. The first-order valence-corrected chi connectivity index (χ1v) is 8.84. The second-order valence-electron chi connectivity index (χ2n) is 7.16. The summed E-state index contributed by atoms with van der Waals surface area (Å²) in [5.74, 6) is 0.658. The lowest BCUT2D eigenvalue weighted by atomic mass is 9.90. The highest BCUT2D eigenvalue weighted by Gasteiger charge is 2.36. The largest absolute Gasteiger partial charge is 0.490 e. The van der Waals surface area contributed by atoms with Crippen molar-refractivity contribution in [3.8, 4) is 5.75 Å². The maximum absolute atomic E-state index is 12.9. The summed E-state index contributed by atoms with van der Waals surface area (Å²) in [5.41, 5.74) is 6.44. The van der Waals surface area contributed by atoms with Gasteiger partial charge in [-0.05, 0) is 62.3 Å². The van der Waals surface area contributed by atoms with E-state index in [4.69, 9.17) is 22.1 Å². The molecule has 1 saturated carbocycles. The predicted octanol–water partition coefficient (Wildman–Crippen LogP) is 3.47. The van der Waals surface area contributed by atoms with Crippen molar-refractivity contribution in [1.29, 1.82) is 0 Å². The van der Waals surface area contributed by atoms with E-state index in [1.807, 2.05) is 11.0 Å².